The molecule has 1 heterocycles. The van der Waals surface area contributed by atoms with Crippen molar-refractivity contribution in [2.75, 3.05) is 13.7 Å². The minimum atomic E-state index is -0.292. The van der Waals surface area contributed by atoms with Crippen LogP contribution in [0, 0.1) is 0 Å². The third-order valence-electron chi connectivity index (χ3n) is 3.05. The zero-order chi connectivity index (χ0) is 15.2. The van der Waals surface area contributed by atoms with Crippen LogP contribution in [0.5, 0.6) is 5.75 Å². The average molecular weight is 287 g/mol. The van der Waals surface area contributed by atoms with Gasteiger partial charge in [-0.25, -0.2) is 4.68 Å². The van der Waals surface area contributed by atoms with Crippen molar-refractivity contribution in [3.8, 4) is 5.75 Å². The number of aromatic nitrogens is 2. The van der Waals surface area contributed by atoms with Crippen molar-refractivity contribution in [3.63, 3.8) is 0 Å². The number of hydrogen-bond acceptors (Lipinski definition) is 4. The molecule has 0 unspecified atom stereocenters. The van der Waals surface area contributed by atoms with Gasteiger partial charge in [0, 0.05) is 19.7 Å². The molecule has 0 spiro atoms. The first kappa shape index (κ1) is 14.8. The van der Waals surface area contributed by atoms with Crippen molar-refractivity contribution in [2.45, 2.75) is 6.42 Å². The lowest BCUT2D eigenvalue weighted by Crippen LogP contribution is -2.29. The lowest BCUT2D eigenvalue weighted by molar-refractivity contribution is 0.0947. The zero-order valence-corrected chi connectivity index (χ0v) is 12.0. The molecule has 1 aromatic heterocycles. The SMILES string of the molecule is COc1ccc(CCNC(=O)c2ccc(=O)n(C)n2)cc1. The van der Waals surface area contributed by atoms with Gasteiger partial charge in [-0.1, -0.05) is 12.1 Å². The Labute approximate surface area is 122 Å². The van der Waals surface area contributed by atoms with Crippen molar-refractivity contribution >= 4 is 5.91 Å². The first-order valence-corrected chi connectivity index (χ1v) is 6.55. The summed E-state index contributed by atoms with van der Waals surface area (Å²) in [4.78, 5) is 23.1. The Morgan fingerprint density at radius 3 is 2.57 bits per heavy atom. The van der Waals surface area contributed by atoms with E-state index < -0.39 is 0 Å². The lowest BCUT2D eigenvalue weighted by Gasteiger charge is -2.06. The number of nitrogens with zero attached hydrogens (tertiary/aromatic N) is 2. The molecule has 0 fully saturated rings. The smallest absolute Gasteiger partial charge is 0.271 e. The van der Waals surface area contributed by atoms with E-state index in [4.69, 9.17) is 4.74 Å². The van der Waals surface area contributed by atoms with Crippen LogP contribution < -0.4 is 15.6 Å². The van der Waals surface area contributed by atoms with Crippen LogP contribution in [0.3, 0.4) is 0 Å². The summed E-state index contributed by atoms with van der Waals surface area (Å²) in [7, 11) is 3.13. The third kappa shape index (κ3) is 3.92. The molecule has 21 heavy (non-hydrogen) atoms. The van der Waals surface area contributed by atoms with Gasteiger partial charge in [-0.15, -0.1) is 0 Å². The fourth-order valence-electron chi connectivity index (χ4n) is 1.83. The van der Waals surface area contributed by atoms with Crippen LogP contribution >= 0.6 is 0 Å². The van der Waals surface area contributed by atoms with Gasteiger partial charge in [-0.05, 0) is 30.2 Å². The molecule has 0 aliphatic heterocycles. The summed E-state index contributed by atoms with van der Waals surface area (Å²) in [6, 6.07) is 10.4. The van der Waals surface area contributed by atoms with E-state index in [-0.39, 0.29) is 17.2 Å². The van der Waals surface area contributed by atoms with Crippen molar-refractivity contribution in [2.24, 2.45) is 7.05 Å². The summed E-state index contributed by atoms with van der Waals surface area (Å²) in [6.45, 7) is 0.496. The number of carbonyl (C=O) groups excluding carboxylic acids is 1. The summed E-state index contributed by atoms with van der Waals surface area (Å²) in [5.74, 6) is 0.510. The quantitative estimate of drug-likeness (QED) is 0.881. The lowest BCUT2D eigenvalue weighted by atomic mass is 10.1. The Bertz CT molecular complexity index is 677. The molecule has 0 atom stereocenters. The molecular formula is C15H17N3O3. The molecular weight excluding hydrogens is 270 g/mol. The van der Waals surface area contributed by atoms with Crippen molar-refractivity contribution in [1.82, 2.24) is 15.1 Å². The molecule has 110 valence electrons. The highest BCUT2D eigenvalue weighted by molar-refractivity contribution is 5.91. The zero-order valence-electron chi connectivity index (χ0n) is 12.0. The van der Waals surface area contributed by atoms with Gasteiger partial charge in [-0.3, -0.25) is 9.59 Å². The van der Waals surface area contributed by atoms with Crippen LogP contribution in [0.2, 0.25) is 0 Å². The minimum Gasteiger partial charge on any atom is -0.497 e. The second-order valence-electron chi connectivity index (χ2n) is 4.53. The standard InChI is InChI=1S/C15H17N3O3/c1-18-14(19)8-7-13(17-18)15(20)16-10-9-11-3-5-12(21-2)6-4-11/h3-8H,9-10H2,1-2H3,(H,16,20). The molecule has 0 saturated heterocycles. The molecule has 1 N–H and O–H groups in total. The van der Waals surface area contributed by atoms with Crippen LogP contribution in [-0.2, 0) is 13.5 Å². The fraction of sp³-hybridized carbons (Fsp3) is 0.267. The van der Waals surface area contributed by atoms with Gasteiger partial charge in [0.15, 0.2) is 0 Å². The Morgan fingerprint density at radius 2 is 1.95 bits per heavy atom. The molecule has 1 amide bonds. The number of amides is 1. The number of nitrogens with one attached hydrogen (secondary N) is 1. The molecule has 0 aliphatic carbocycles. The maximum atomic E-state index is 11.9. The Kier molecular flexibility index (Phi) is 4.71. The fourth-order valence-corrected chi connectivity index (χ4v) is 1.83. The molecule has 6 heteroatoms. The van der Waals surface area contributed by atoms with Crippen LogP contribution in [0.15, 0.2) is 41.2 Å². The predicted molar refractivity (Wildman–Crippen MR) is 78.5 cm³/mol. The van der Waals surface area contributed by atoms with Crippen LogP contribution in [-0.4, -0.2) is 29.3 Å². The number of hydrogen-bond donors (Lipinski definition) is 1. The first-order valence-electron chi connectivity index (χ1n) is 6.55. The number of aryl methyl sites for hydroxylation is 1. The van der Waals surface area contributed by atoms with E-state index in [0.29, 0.717) is 13.0 Å². The number of carbonyl (C=O) groups is 1. The predicted octanol–water partition coefficient (Wildman–Crippen LogP) is 0.761. The van der Waals surface area contributed by atoms with E-state index in [1.54, 1.807) is 7.11 Å². The monoisotopic (exact) mass is 287 g/mol. The van der Waals surface area contributed by atoms with Gasteiger partial charge in [0.05, 0.1) is 7.11 Å². The minimum absolute atomic E-state index is 0.229. The summed E-state index contributed by atoms with van der Waals surface area (Å²) < 4.78 is 6.22. The Morgan fingerprint density at radius 1 is 1.24 bits per heavy atom. The van der Waals surface area contributed by atoms with Gasteiger partial charge < -0.3 is 10.1 Å². The topological polar surface area (TPSA) is 73.2 Å². The van der Waals surface area contributed by atoms with Gasteiger partial charge >= 0.3 is 0 Å². The second kappa shape index (κ2) is 6.69. The Hall–Kier alpha value is -2.63. The average Bonchev–Trinajstić information content (AvgIpc) is 2.50. The number of rotatable bonds is 5. The summed E-state index contributed by atoms with van der Waals surface area (Å²) in [5, 5.41) is 6.67. The maximum Gasteiger partial charge on any atom is 0.271 e. The molecule has 1 aromatic carbocycles. The largest absolute Gasteiger partial charge is 0.497 e. The maximum absolute atomic E-state index is 11.9. The van der Waals surface area contributed by atoms with E-state index in [1.165, 1.54) is 19.2 Å². The molecule has 0 saturated carbocycles. The Balaban J connectivity index is 1.88. The second-order valence-corrected chi connectivity index (χ2v) is 4.53. The van der Waals surface area contributed by atoms with Gasteiger partial charge in [0.2, 0.25) is 0 Å². The first-order chi connectivity index (χ1) is 10.1. The third-order valence-corrected chi connectivity index (χ3v) is 3.05. The van der Waals surface area contributed by atoms with Gasteiger partial charge in [0.1, 0.15) is 11.4 Å². The normalized spacial score (nSPS) is 10.2. The van der Waals surface area contributed by atoms with Gasteiger partial charge in [-0.2, -0.15) is 5.10 Å². The summed E-state index contributed by atoms with van der Waals surface area (Å²) >= 11 is 0. The van der Waals surface area contributed by atoms with E-state index in [9.17, 15) is 9.59 Å². The highest BCUT2D eigenvalue weighted by Crippen LogP contribution is 2.11. The van der Waals surface area contributed by atoms with E-state index >= 15 is 0 Å². The molecule has 0 bridgehead atoms. The number of ether oxygens (including phenoxy) is 1. The number of methoxy groups -OCH3 is 1. The van der Waals surface area contributed by atoms with E-state index in [0.717, 1.165) is 16.0 Å². The van der Waals surface area contributed by atoms with E-state index in [1.807, 2.05) is 24.3 Å². The summed E-state index contributed by atoms with van der Waals surface area (Å²) in [5.41, 5.74) is 1.08. The van der Waals surface area contributed by atoms with Crippen molar-refractivity contribution in [1.29, 1.82) is 0 Å². The number of benzene rings is 1. The van der Waals surface area contributed by atoms with Crippen LogP contribution in [0.1, 0.15) is 16.1 Å². The molecule has 6 nitrogen and oxygen atoms in total. The highest BCUT2D eigenvalue weighted by atomic mass is 16.5. The molecule has 0 aliphatic rings. The van der Waals surface area contributed by atoms with Crippen molar-refractivity contribution in [3.05, 3.63) is 58.0 Å². The molecule has 2 aromatic rings. The van der Waals surface area contributed by atoms with E-state index in [2.05, 4.69) is 10.4 Å². The highest BCUT2D eigenvalue weighted by Gasteiger charge is 2.07. The van der Waals surface area contributed by atoms with Crippen molar-refractivity contribution < 1.29 is 9.53 Å². The summed E-state index contributed by atoms with van der Waals surface area (Å²) in [6.07, 6.45) is 0.710. The molecule has 2 rings (SSSR count). The van der Waals surface area contributed by atoms with Crippen LogP contribution in [0.4, 0.5) is 0 Å². The van der Waals surface area contributed by atoms with Gasteiger partial charge in [0.25, 0.3) is 11.5 Å². The van der Waals surface area contributed by atoms with Crippen LogP contribution in [0.25, 0.3) is 0 Å². The molecule has 0 radical (unpaired) electrons.